The molecule has 25 heavy (non-hydrogen) atoms. The molecule has 0 bridgehead atoms. The van der Waals surface area contributed by atoms with Crippen molar-refractivity contribution in [3.8, 4) is 10.7 Å². The molecule has 0 aliphatic heterocycles. The number of carbonyl (C=O) groups excluding carboxylic acids is 1. The number of thiazole rings is 2. The number of hydrogen-bond acceptors (Lipinski definition) is 6. The third-order valence-corrected chi connectivity index (χ3v) is 6.16. The molecule has 3 heterocycles. The van der Waals surface area contributed by atoms with E-state index in [2.05, 4.69) is 27.2 Å². The van der Waals surface area contributed by atoms with Crippen molar-refractivity contribution in [3.63, 3.8) is 0 Å². The van der Waals surface area contributed by atoms with Crippen molar-refractivity contribution < 1.29 is 4.79 Å². The SMILES string of the molecule is C[C@@H]1CCc2nc(NC(=O)Cc3csc(-c4ccccn4)n3)sc2C1. The van der Waals surface area contributed by atoms with E-state index in [-0.39, 0.29) is 12.3 Å². The molecule has 4 rings (SSSR count). The largest absolute Gasteiger partial charge is 0.302 e. The van der Waals surface area contributed by atoms with Crippen molar-refractivity contribution in [1.82, 2.24) is 15.0 Å². The van der Waals surface area contributed by atoms with Crippen LogP contribution in [-0.2, 0) is 24.1 Å². The molecular weight excluding hydrogens is 352 g/mol. The van der Waals surface area contributed by atoms with E-state index < -0.39 is 0 Å². The zero-order valence-corrected chi connectivity index (χ0v) is 15.5. The lowest BCUT2D eigenvalue weighted by molar-refractivity contribution is -0.115. The summed E-state index contributed by atoms with van der Waals surface area (Å²) in [6.45, 7) is 2.27. The second-order valence-corrected chi connectivity index (χ2v) is 8.26. The van der Waals surface area contributed by atoms with Gasteiger partial charge in [0.1, 0.15) is 5.01 Å². The predicted octanol–water partition coefficient (Wildman–Crippen LogP) is 3.97. The molecule has 0 radical (unpaired) electrons. The summed E-state index contributed by atoms with van der Waals surface area (Å²) >= 11 is 3.12. The zero-order chi connectivity index (χ0) is 17.2. The van der Waals surface area contributed by atoms with Gasteiger partial charge in [-0.25, -0.2) is 9.97 Å². The highest BCUT2D eigenvalue weighted by Crippen LogP contribution is 2.32. The number of rotatable bonds is 4. The first-order valence-electron chi connectivity index (χ1n) is 8.31. The summed E-state index contributed by atoms with van der Waals surface area (Å²) in [5.41, 5.74) is 2.75. The lowest BCUT2D eigenvalue weighted by Crippen LogP contribution is -2.14. The number of nitrogens with one attached hydrogen (secondary N) is 1. The van der Waals surface area contributed by atoms with Crippen LogP contribution >= 0.6 is 22.7 Å². The van der Waals surface area contributed by atoms with Crippen molar-refractivity contribution in [2.24, 2.45) is 5.92 Å². The molecule has 3 aromatic heterocycles. The first kappa shape index (κ1) is 16.4. The number of aryl methyl sites for hydroxylation is 1. The van der Waals surface area contributed by atoms with Crippen molar-refractivity contribution in [3.05, 3.63) is 46.0 Å². The lowest BCUT2D eigenvalue weighted by Gasteiger charge is -2.15. The van der Waals surface area contributed by atoms with Gasteiger partial charge in [-0.15, -0.1) is 22.7 Å². The molecule has 7 heteroatoms. The zero-order valence-electron chi connectivity index (χ0n) is 13.9. The van der Waals surface area contributed by atoms with E-state index in [1.165, 1.54) is 22.6 Å². The Bertz CT molecular complexity index is 888. The standard InChI is InChI=1S/C18H18N4OS2/c1-11-5-6-13-15(8-11)25-18(21-13)22-16(23)9-12-10-24-17(20-12)14-4-2-3-7-19-14/h2-4,7,10-11H,5-6,8-9H2,1H3,(H,21,22,23)/t11-/m1/s1. The quantitative estimate of drug-likeness (QED) is 0.755. The van der Waals surface area contributed by atoms with Gasteiger partial charge < -0.3 is 5.32 Å². The Morgan fingerprint density at radius 2 is 2.28 bits per heavy atom. The maximum Gasteiger partial charge on any atom is 0.232 e. The average Bonchev–Trinajstić information content (AvgIpc) is 3.21. The normalized spacial score (nSPS) is 16.4. The molecular formula is C18H18N4OS2. The van der Waals surface area contributed by atoms with E-state index in [1.54, 1.807) is 17.5 Å². The van der Waals surface area contributed by atoms with Gasteiger partial charge in [0.25, 0.3) is 0 Å². The Kier molecular flexibility index (Phi) is 4.59. The van der Waals surface area contributed by atoms with Crippen LogP contribution in [0.1, 0.15) is 29.6 Å². The van der Waals surface area contributed by atoms with Crippen molar-refractivity contribution >= 4 is 33.7 Å². The first-order chi connectivity index (χ1) is 12.2. The minimum atomic E-state index is -0.0722. The minimum Gasteiger partial charge on any atom is -0.302 e. The minimum absolute atomic E-state index is 0.0722. The Balaban J connectivity index is 1.40. The molecule has 3 aromatic rings. The fourth-order valence-electron chi connectivity index (χ4n) is 2.92. The number of aromatic nitrogens is 3. The van der Waals surface area contributed by atoms with Crippen LogP contribution in [0.25, 0.3) is 10.7 Å². The predicted molar refractivity (Wildman–Crippen MR) is 101 cm³/mol. The monoisotopic (exact) mass is 370 g/mol. The number of amides is 1. The molecule has 0 aromatic carbocycles. The van der Waals surface area contributed by atoms with E-state index in [9.17, 15) is 4.79 Å². The lowest BCUT2D eigenvalue weighted by atomic mass is 9.93. The highest BCUT2D eigenvalue weighted by Gasteiger charge is 2.20. The van der Waals surface area contributed by atoms with Crippen LogP contribution in [0.2, 0.25) is 0 Å². The summed E-state index contributed by atoms with van der Waals surface area (Å²) in [5.74, 6) is 0.633. The molecule has 5 nitrogen and oxygen atoms in total. The van der Waals surface area contributed by atoms with E-state index >= 15 is 0 Å². The number of fused-ring (bicyclic) bond motifs is 1. The highest BCUT2D eigenvalue weighted by molar-refractivity contribution is 7.16. The van der Waals surface area contributed by atoms with Gasteiger partial charge in [-0.3, -0.25) is 9.78 Å². The number of anilines is 1. The molecule has 0 spiro atoms. The third-order valence-electron chi connectivity index (χ3n) is 4.21. The van der Waals surface area contributed by atoms with Gasteiger partial charge in [0.05, 0.1) is 23.5 Å². The van der Waals surface area contributed by atoms with E-state index in [1.807, 2.05) is 23.6 Å². The van der Waals surface area contributed by atoms with Gasteiger partial charge in [-0.05, 0) is 37.3 Å². The molecule has 128 valence electrons. The fraction of sp³-hybridized carbons (Fsp3) is 0.333. The molecule has 0 saturated carbocycles. The van der Waals surface area contributed by atoms with Gasteiger partial charge >= 0.3 is 0 Å². The Morgan fingerprint density at radius 3 is 3.12 bits per heavy atom. The summed E-state index contributed by atoms with van der Waals surface area (Å²) in [4.78, 5) is 27.0. The van der Waals surface area contributed by atoms with Gasteiger partial charge in [0, 0.05) is 16.5 Å². The summed E-state index contributed by atoms with van der Waals surface area (Å²) in [6.07, 6.45) is 5.27. The van der Waals surface area contributed by atoms with Crippen molar-refractivity contribution in [1.29, 1.82) is 0 Å². The topological polar surface area (TPSA) is 67.8 Å². The summed E-state index contributed by atoms with van der Waals surface area (Å²) in [7, 11) is 0. The molecule has 0 saturated heterocycles. The van der Waals surface area contributed by atoms with Crippen LogP contribution in [0.5, 0.6) is 0 Å². The summed E-state index contributed by atoms with van der Waals surface area (Å²) < 4.78 is 0. The number of nitrogens with zero attached hydrogens (tertiary/aromatic N) is 3. The van der Waals surface area contributed by atoms with E-state index in [0.29, 0.717) is 11.0 Å². The smallest absolute Gasteiger partial charge is 0.232 e. The van der Waals surface area contributed by atoms with Crippen LogP contribution in [-0.4, -0.2) is 20.9 Å². The van der Waals surface area contributed by atoms with Gasteiger partial charge in [-0.1, -0.05) is 13.0 Å². The molecule has 1 N–H and O–H groups in total. The summed E-state index contributed by atoms with van der Waals surface area (Å²) in [6, 6.07) is 5.73. The number of pyridine rings is 1. The second kappa shape index (κ2) is 7.01. The molecule has 1 aliphatic carbocycles. The van der Waals surface area contributed by atoms with Gasteiger partial charge in [-0.2, -0.15) is 0 Å². The van der Waals surface area contributed by atoms with E-state index in [4.69, 9.17) is 0 Å². The van der Waals surface area contributed by atoms with Crippen LogP contribution in [0.3, 0.4) is 0 Å². The molecule has 0 unspecified atom stereocenters. The average molecular weight is 371 g/mol. The van der Waals surface area contributed by atoms with Crippen molar-refractivity contribution in [2.75, 3.05) is 5.32 Å². The maximum absolute atomic E-state index is 12.3. The Labute approximate surface area is 154 Å². The Morgan fingerprint density at radius 1 is 1.36 bits per heavy atom. The molecule has 1 atom stereocenters. The van der Waals surface area contributed by atoms with Crippen LogP contribution in [0.15, 0.2) is 29.8 Å². The molecule has 1 amide bonds. The fourth-order valence-corrected chi connectivity index (χ4v) is 4.90. The summed E-state index contributed by atoms with van der Waals surface area (Å²) in [5, 5.41) is 6.39. The highest BCUT2D eigenvalue weighted by atomic mass is 32.1. The van der Waals surface area contributed by atoms with Crippen LogP contribution in [0, 0.1) is 5.92 Å². The molecule has 0 fully saturated rings. The number of hydrogen-bond donors (Lipinski definition) is 1. The first-order valence-corrected chi connectivity index (χ1v) is 10.0. The maximum atomic E-state index is 12.3. The molecule has 1 aliphatic rings. The second-order valence-electron chi connectivity index (χ2n) is 6.32. The van der Waals surface area contributed by atoms with E-state index in [0.717, 1.165) is 34.9 Å². The third kappa shape index (κ3) is 3.77. The number of carbonyl (C=O) groups is 1. The van der Waals surface area contributed by atoms with Crippen LogP contribution < -0.4 is 5.32 Å². The van der Waals surface area contributed by atoms with Crippen LogP contribution in [0.4, 0.5) is 5.13 Å². The van der Waals surface area contributed by atoms with Gasteiger partial charge in [0.15, 0.2) is 5.13 Å². The van der Waals surface area contributed by atoms with Gasteiger partial charge in [0.2, 0.25) is 5.91 Å². The Hall–Kier alpha value is -2.12. The van der Waals surface area contributed by atoms with Crippen molar-refractivity contribution in [2.45, 2.75) is 32.6 Å².